The fourth-order valence-electron chi connectivity index (χ4n) is 2.17. The average molecular weight is 494 g/mol. The molecule has 1 aromatic carbocycles. The molecule has 0 aliphatic rings. The van der Waals surface area contributed by atoms with Crippen LogP contribution in [0.5, 0.6) is 11.5 Å². The van der Waals surface area contributed by atoms with E-state index in [2.05, 4.69) is 10.3 Å². The van der Waals surface area contributed by atoms with E-state index < -0.39 is 0 Å². The Hall–Kier alpha value is -1.75. The molecule has 1 N–H and O–H groups in total. The molecule has 0 atom stereocenters. The van der Waals surface area contributed by atoms with Gasteiger partial charge in [-0.15, -0.1) is 24.0 Å². The highest BCUT2D eigenvalue weighted by Crippen LogP contribution is 2.25. The number of rotatable bonds is 9. The van der Waals surface area contributed by atoms with Crippen molar-refractivity contribution in [3.8, 4) is 11.5 Å². The molecule has 0 saturated heterocycles. The third kappa shape index (κ3) is 8.65. The summed E-state index contributed by atoms with van der Waals surface area (Å²) in [5, 5.41) is 3.21. The Morgan fingerprint density at radius 1 is 1.15 bits per heavy atom. The smallest absolute Gasteiger partial charge is 0.243 e. The third-order valence-electron chi connectivity index (χ3n) is 3.72. The topological polar surface area (TPSA) is 75.6 Å². The van der Waals surface area contributed by atoms with Gasteiger partial charge >= 0.3 is 0 Å². The van der Waals surface area contributed by atoms with Crippen LogP contribution < -0.4 is 14.8 Å². The van der Waals surface area contributed by atoms with Crippen molar-refractivity contribution in [2.45, 2.75) is 6.54 Å². The number of aliphatic imine (C=N–C) groups is 1. The van der Waals surface area contributed by atoms with Crippen molar-refractivity contribution in [1.29, 1.82) is 0 Å². The Labute approximate surface area is 178 Å². The predicted octanol–water partition coefficient (Wildman–Crippen LogP) is 1.43. The van der Waals surface area contributed by atoms with Gasteiger partial charge in [0.15, 0.2) is 5.96 Å². The fraction of sp³-hybridized carbons (Fsp3) is 0.556. The Morgan fingerprint density at radius 3 is 2.41 bits per heavy atom. The summed E-state index contributed by atoms with van der Waals surface area (Å²) in [5.74, 6) is 2.02. The number of hydrogen-bond acceptors (Lipinski definition) is 5. The molecular formula is C18H31IN4O4. The van der Waals surface area contributed by atoms with Crippen LogP contribution in [0.4, 0.5) is 0 Å². The highest BCUT2D eigenvalue weighted by Gasteiger charge is 2.12. The van der Waals surface area contributed by atoms with Crippen LogP contribution >= 0.6 is 24.0 Å². The summed E-state index contributed by atoms with van der Waals surface area (Å²) < 4.78 is 15.8. The van der Waals surface area contributed by atoms with Gasteiger partial charge in [0.25, 0.3) is 0 Å². The minimum absolute atomic E-state index is 0. The minimum atomic E-state index is -0.0635. The highest BCUT2D eigenvalue weighted by atomic mass is 127. The number of hydrogen-bond donors (Lipinski definition) is 1. The first kappa shape index (κ1) is 25.2. The molecule has 0 unspecified atom stereocenters. The molecule has 0 fully saturated rings. The van der Waals surface area contributed by atoms with E-state index in [1.807, 2.05) is 30.1 Å². The minimum Gasteiger partial charge on any atom is -0.497 e. The number of methoxy groups -OCH3 is 3. The summed E-state index contributed by atoms with van der Waals surface area (Å²) in [5.41, 5.74) is 0.982. The number of carbonyl (C=O) groups is 1. The fourth-order valence-corrected chi connectivity index (χ4v) is 2.17. The molecule has 9 heteroatoms. The second kappa shape index (κ2) is 13.4. The number of nitrogens with one attached hydrogen (secondary N) is 1. The lowest BCUT2D eigenvalue weighted by molar-refractivity contribution is -0.127. The SMILES string of the molecule is COCCNC(=NCC(=O)N(C)C)N(C)Cc1ccc(OC)cc1OC.I. The number of nitrogens with zero attached hydrogens (tertiary/aromatic N) is 3. The normalized spacial score (nSPS) is 10.7. The monoisotopic (exact) mass is 494 g/mol. The van der Waals surface area contributed by atoms with Gasteiger partial charge in [0, 0.05) is 53.0 Å². The number of carbonyl (C=O) groups excluding carboxylic acids is 1. The largest absolute Gasteiger partial charge is 0.497 e. The quantitative estimate of drug-likeness (QED) is 0.243. The van der Waals surface area contributed by atoms with Crippen LogP contribution in [0.3, 0.4) is 0 Å². The van der Waals surface area contributed by atoms with Crippen molar-refractivity contribution >= 4 is 35.8 Å². The zero-order chi connectivity index (χ0) is 19.5. The van der Waals surface area contributed by atoms with E-state index in [4.69, 9.17) is 14.2 Å². The number of benzene rings is 1. The maximum atomic E-state index is 11.8. The van der Waals surface area contributed by atoms with Gasteiger partial charge in [-0.2, -0.15) is 0 Å². The summed E-state index contributed by atoms with van der Waals surface area (Å²) in [6, 6.07) is 5.68. The zero-order valence-electron chi connectivity index (χ0n) is 16.9. The van der Waals surface area contributed by atoms with Crippen molar-refractivity contribution in [3.63, 3.8) is 0 Å². The van der Waals surface area contributed by atoms with Gasteiger partial charge in [0.05, 0.1) is 20.8 Å². The van der Waals surface area contributed by atoms with Crippen LogP contribution in [0.15, 0.2) is 23.2 Å². The molecule has 0 saturated carbocycles. The Kier molecular flexibility index (Phi) is 12.6. The van der Waals surface area contributed by atoms with E-state index in [1.54, 1.807) is 35.4 Å². The van der Waals surface area contributed by atoms with Crippen molar-refractivity contribution in [2.75, 3.05) is 62.2 Å². The molecule has 1 aromatic rings. The lowest BCUT2D eigenvalue weighted by atomic mass is 10.2. The predicted molar refractivity (Wildman–Crippen MR) is 117 cm³/mol. The summed E-state index contributed by atoms with van der Waals surface area (Å²) in [7, 11) is 10.2. The molecule has 0 aliphatic carbocycles. The van der Waals surface area contributed by atoms with Gasteiger partial charge in [-0.3, -0.25) is 4.79 Å². The zero-order valence-corrected chi connectivity index (χ0v) is 19.3. The maximum absolute atomic E-state index is 11.8. The Bertz CT molecular complexity index is 611. The lowest BCUT2D eigenvalue weighted by Crippen LogP contribution is -2.41. The van der Waals surface area contributed by atoms with Crippen molar-refractivity contribution in [2.24, 2.45) is 4.99 Å². The van der Waals surface area contributed by atoms with E-state index >= 15 is 0 Å². The summed E-state index contributed by atoms with van der Waals surface area (Å²) in [6.07, 6.45) is 0. The van der Waals surface area contributed by atoms with Crippen LogP contribution in [0.25, 0.3) is 0 Å². The summed E-state index contributed by atoms with van der Waals surface area (Å²) in [4.78, 5) is 19.7. The number of amides is 1. The first-order valence-corrected chi connectivity index (χ1v) is 8.32. The van der Waals surface area contributed by atoms with E-state index in [1.165, 1.54) is 4.90 Å². The van der Waals surface area contributed by atoms with Crippen LogP contribution in [-0.2, 0) is 16.1 Å². The Morgan fingerprint density at radius 2 is 1.85 bits per heavy atom. The number of ether oxygens (including phenoxy) is 3. The molecule has 1 amide bonds. The molecule has 154 valence electrons. The number of likely N-dealkylation sites (N-methyl/N-ethyl adjacent to an activating group) is 1. The number of guanidine groups is 1. The van der Waals surface area contributed by atoms with E-state index in [0.717, 1.165) is 17.1 Å². The van der Waals surface area contributed by atoms with Gasteiger partial charge < -0.3 is 29.3 Å². The van der Waals surface area contributed by atoms with Crippen LogP contribution in [0.1, 0.15) is 5.56 Å². The second-order valence-electron chi connectivity index (χ2n) is 5.88. The molecule has 27 heavy (non-hydrogen) atoms. The lowest BCUT2D eigenvalue weighted by Gasteiger charge is -2.24. The average Bonchev–Trinajstić information content (AvgIpc) is 2.64. The molecule has 0 bridgehead atoms. The van der Waals surface area contributed by atoms with Crippen molar-refractivity contribution in [3.05, 3.63) is 23.8 Å². The highest BCUT2D eigenvalue weighted by molar-refractivity contribution is 14.0. The molecule has 8 nitrogen and oxygen atoms in total. The third-order valence-corrected chi connectivity index (χ3v) is 3.72. The van der Waals surface area contributed by atoms with Crippen molar-refractivity contribution in [1.82, 2.24) is 15.1 Å². The molecule has 0 spiro atoms. The van der Waals surface area contributed by atoms with Crippen LogP contribution in [-0.4, -0.2) is 83.8 Å². The van der Waals surface area contributed by atoms with Crippen molar-refractivity contribution < 1.29 is 19.0 Å². The molecule has 0 aromatic heterocycles. The molecule has 1 rings (SSSR count). The first-order valence-electron chi connectivity index (χ1n) is 8.32. The number of halogens is 1. The second-order valence-corrected chi connectivity index (χ2v) is 5.88. The van der Waals surface area contributed by atoms with Gasteiger partial charge in [-0.25, -0.2) is 4.99 Å². The van der Waals surface area contributed by atoms with Gasteiger partial charge in [-0.1, -0.05) is 0 Å². The molecule has 0 aliphatic heterocycles. The first-order chi connectivity index (χ1) is 12.4. The summed E-state index contributed by atoms with van der Waals surface area (Å²) >= 11 is 0. The van der Waals surface area contributed by atoms with Crippen LogP contribution in [0, 0.1) is 0 Å². The Balaban J connectivity index is 0.00000676. The van der Waals surface area contributed by atoms with Gasteiger partial charge in [0.2, 0.25) is 5.91 Å². The van der Waals surface area contributed by atoms with E-state index in [9.17, 15) is 4.79 Å². The molecular weight excluding hydrogens is 463 g/mol. The van der Waals surface area contributed by atoms with Gasteiger partial charge in [0.1, 0.15) is 18.0 Å². The van der Waals surface area contributed by atoms with E-state index in [0.29, 0.717) is 25.7 Å². The molecule has 0 heterocycles. The van der Waals surface area contributed by atoms with Crippen LogP contribution in [0.2, 0.25) is 0 Å². The maximum Gasteiger partial charge on any atom is 0.243 e. The van der Waals surface area contributed by atoms with E-state index in [-0.39, 0.29) is 36.4 Å². The van der Waals surface area contributed by atoms with Gasteiger partial charge in [-0.05, 0) is 12.1 Å². The standard InChI is InChI=1S/C18H30N4O4.HI/c1-21(2)17(23)12-20-18(19-9-10-24-4)22(3)13-14-7-8-15(25-5)11-16(14)26-6;/h7-8,11H,9-10,12-13H2,1-6H3,(H,19,20);1H. The summed E-state index contributed by atoms with van der Waals surface area (Å²) in [6.45, 7) is 1.77. The molecule has 0 radical (unpaired) electrons.